The first-order valence-corrected chi connectivity index (χ1v) is 8.32. The number of urea groups is 1. The summed E-state index contributed by atoms with van der Waals surface area (Å²) in [5.74, 6) is 0.831. The van der Waals surface area contributed by atoms with Gasteiger partial charge in [-0.05, 0) is 36.8 Å². The average Bonchev–Trinajstić information content (AvgIpc) is 2.62. The van der Waals surface area contributed by atoms with Crippen LogP contribution in [-0.4, -0.2) is 25.7 Å². The predicted molar refractivity (Wildman–Crippen MR) is 101 cm³/mol. The highest BCUT2D eigenvalue weighted by atomic mass is 16.5. The molecule has 0 aliphatic heterocycles. The zero-order valence-electron chi connectivity index (χ0n) is 14.9. The fourth-order valence-corrected chi connectivity index (χ4v) is 2.26. The van der Waals surface area contributed by atoms with Crippen LogP contribution < -0.4 is 25.8 Å². The minimum Gasteiger partial charge on any atom is -0.497 e. The van der Waals surface area contributed by atoms with Gasteiger partial charge in [-0.2, -0.15) is 0 Å². The van der Waals surface area contributed by atoms with E-state index >= 15 is 0 Å². The van der Waals surface area contributed by atoms with Crippen LogP contribution in [-0.2, 0) is 0 Å². The Morgan fingerprint density at radius 3 is 2.62 bits per heavy atom. The lowest BCUT2D eigenvalue weighted by atomic mass is 10.1. The minimum atomic E-state index is -0.693. The second-order valence-electron chi connectivity index (χ2n) is 5.59. The van der Waals surface area contributed by atoms with Crippen LogP contribution in [0.2, 0.25) is 0 Å². The van der Waals surface area contributed by atoms with E-state index in [-0.39, 0.29) is 5.91 Å². The third-order valence-corrected chi connectivity index (χ3v) is 3.58. The SMILES string of the molecule is CCCCOc1ccc(OC)cc1NC(=O)c1cccc(NC(N)=O)c1. The molecule has 2 rings (SSSR count). The molecular weight excluding hydrogens is 334 g/mol. The van der Waals surface area contributed by atoms with E-state index in [2.05, 4.69) is 17.6 Å². The highest BCUT2D eigenvalue weighted by Crippen LogP contribution is 2.30. The summed E-state index contributed by atoms with van der Waals surface area (Å²) in [5, 5.41) is 5.26. The molecule has 0 fully saturated rings. The molecule has 0 radical (unpaired) electrons. The van der Waals surface area contributed by atoms with Gasteiger partial charge in [0.25, 0.3) is 5.91 Å². The van der Waals surface area contributed by atoms with Gasteiger partial charge < -0.3 is 25.8 Å². The van der Waals surface area contributed by atoms with Gasteiger partial charge in [-0.3, -0.25) is 4.79 Å². The molecule has 2 aromatic carbocycles. The van der Waals surface area contributed by atoms with Gasteiger partial charge in [0, 0.05) is 17.3 Å². The smallest absolute Gasteiger partial charge is 0.316 e. The molecule has 0 heterocycles. The molecule has 0 atom stereocenters. The Labute approximate surface area is 152 Å². The van der Waals surface area contributed by atoms with Gasteiger partial charge in [-0.1, -0.05) is 19.4 Å². The number of carbonyl (C=O) groups excluding carboxylic acids is 2. The third-order valence-electron chi connectivity index (χ3n) is 3.58. The van der Waals surface area contributed by atoms with Crippen molar-refractivity contribution in [2.75, 3.05) is 24.4 Å². The van der Waals surface area contributed by atoms with E-state index in [0.29, 0.717) is 35.0 Å². The molecule has 7 heteroatoms. The Kier molecular flexibility index (Phi) is 6.84. The summed E-state index contributed by atoms with van der Waals surface area (Å²) < 4.78 is 11.0. The van der Waals surface area contributed by atoms with Crippen molar-refractivity contribution in [1.82, 2.24) is 0 Å². The Balaban J connectivity index is 2.20. The molecule has 26 heavy (non-hydrogen) atoms. The van der Waals surface area contributed by atoms with Gasteiger partial charge in [0.05, 0.1) is 19.4 Å². The number of amides is 3. The van der Waals surface area contributed by atoms with Crippen LogP contribution >= 0.6 is 0 Å². The number of carbonyl (C=O) groups is 2. The van der Waals surface area contributed by atoms with E-state index in [1.165, 1.54) is 6.07 Å². The minimum absolute atomic E-state index is 0.341. The first kappa shape index (κ1) is 19.1. The normalized spacial score (nSPS) is 10.1. The van der Waals surface area contributed by atoms with Crippen LogP contribution in [0.25, 0.3) is 0 Å². The molecule has 0 spiro atoms. The summed E-state index contributed by atoms with van der Waals surface area (Å²) in [6, 6.07) is 11.0. The number of hydrogen-bond acceptors (Lipinski definition) is 4. The van der Waals surface area contributed by atoms with Crippen LogP contribution in [0, 0.1) is 0 Å². The number of ether oxygens (including phenoxy) is 2. The summed E-state index contributed by atoms with van der Waals surface area (Å²) in [6.07, 6.45) is 1.93. The number of unbranched alkanes of at least 4 members (excludes halogenated alkanes) is 1. The number of benzene rings is 2. The van der Waals surface area contributed by atoms with Crippen LogP contribution in [0.1, 0.15) is 30.1 Å². The van der Waals surface area contributed by atoms with Crippen molar-refractivity contribution in [2.45, 2.75) is 19.8 Å². The van der Waals surface area contributed by atoms with Crippen molar-refractivity contribution in [3.63, 3.8) is 0 Å². The monoisotopic (exact) mass is 357 g/mol. The van der Waals surface area contributed by atoms with E-state index in [0.717, 1.165) is 12.8 Å². The second kappa shape index (κ2) is 9.31. The first-order valence-electron chi connectivity index (χ1n) is 8.32. The van der Waals surface area contributed by atoms with Crippen molar-refractivity contribution in [2.24, 2.45) is 5.73 Å². The molecule has 0 aliphatic carbocycles. The summed E-state index contributed by atoms with van der Waals surface area (Å²) in [5.41, 5.74) is 6.43. The molecule has 3 amide bonds. The number of nitrogens with two attached hydrogens (primary N) is 1. The zero-order valence-corrected chi connectivity index (χ0v) is 14.9. The Hall–Kier alpha value is -3.22. The maximum atomic E-state index is 12.6. The molecule has 0 bridgehead atoms. The Morgan fingerprint density at radius 2 is 1.92 bits per heavy atom. The fourth-order valence-electron chi connectivity index (χ4n) is 2.26. The number of methoxy groups -OCH3 is 1. The predicted octanol–water partition coefficient (Wildman–Crippen LogP) is 3.62. The zero-order chi connectivity index (χ0) is 18.9. The Bertz CT molecular complexity index is 777. The maximum absolute atomic E-state index is 12.6. The summed E-state index contributed by atoms with van der Waals surface area (Å²) in [6.45, 7) is 2.64. The van der Waals surface area contributed by atoms with Crippen molar-refractivity contribution < 1.29 is 19.1 Å². The molecule has 4 N–H and O–H groups in total. The number of rotatable bonds is 8. The van der Waals surface area contributed by atoms with Gasteiger partial charge in [-0.15, -0.1) is 0 Å². The van der Waals surface area contributed by atoms with E-state index in [1.807, 2.05) is 0 Å². The quantitative estimate of drug-likeness (QED) is 0.628. The van der Waals surface area contributed by atoms with Crippen LogP contribution in [0.3, 0.4) is 0 Å². The lowest BCUT2D eigenvalue weighted by molar-refractivity contribution is 0.102. The van der Waals surface area contributed by atoms with E-state index in [9.17, 15) is 9.59 Å². The van der Waals surface area contributed by atoms with Crippen molar-refractivity contribution in [3.05, 3.63) is 48.0 Å². The largest absolute Gasteiger partial charge is 0.497 e. The third kappa shape index (κ3) is 5.41. The Morgan fingerprint density at radius 1 is 1.12 bits per heavy atom. The van der Waals surface area contributed by atoms with Gasteiger partial charge in [0.1, 0.15) is 11.5 Å². The molecular formula is C19H23N3O4. The summed E-state index contributed by atoms with van der Waals surface area (Å²) in [4.78, 5) is 23.5. The molecule has 0 aliphatic rings. The molecule has 0 unspecified atom stereocenters. The van der Waals surface area contributed by atoms with Crippen molar-refractivity contribution in [3.8, 4) is 11.5 Å². The fraction of sp³-hybridized carbons (Fsp3) is 0.263. The molecule has 0 saturated carbocycles. The highest BCUT2D eigenvalue weighted by Gasteiger charge is 2.12. The number of hydrogen-bond donors (Lipinski definition) is 3. The lowest BCUT2D eigenvalue weighted by Gasteiger charge is -2.14. The van der Waals surface area contributed by atoms with Crippen LogP contribution in [0.15, 0.2) is 42.5 Å². The van der Waals surface area contributed by atoms with Gasteiger partial charge in [0.15, 0.2) is 0 Å². The molecule has 2 aromatic rings. The van der Waals surface area contributed by atoms with Gasteiger partial charge in [0.2, 0.25) is 0 Å². The number of nitrogens with one attached hydrogen (secondary N) is 2. The van der Waals surface area contributed by atoms with E-state index in [1.54, 1.807) is 43.5 Å². The average molecular weight is 357 g/mol. The van der Waals surface area contributed by atoms with Crippen molar-refractivity contribution in [1.29, 1.82) is 0 Å². The first-order chi connectivity index (χ1) is 12.5. The molecule has 0 aromatic heterocycles. The van der Waals surface area contributed by atoms with Crippen molar-refractivity contribution >= 4 is 23.3 Å². The lowest BCUT2D eigenvalue weighted by Crippen LogP contribution is -2.20. The highest BCUT2D eigenvalue weighted by molar-refractivity contribution is 6.06. The maximum Gasteiger partial charge on any atom is 0.316 e. The topological polar surface area (TPSA) is 103 Å². The van der Waals surface area contributed by atoms with Gasteiger partial charge in [-0.25, -0.2) is 4.79 Å². The summed E-state index contributed by atoms with van der Waals surface area (Å²) >= 11 is 0. The number of anilines is 2. The standard InChI is InChI=1S/C19H23N3O4/c1-3-4-10-26-17-9-8-15(25-2)12-16(17)22-18(23)13-6-5-7-14(11-13)21-19(20)24/h5-9,11-12H,3-4,10H2,1-2H3,(H,22,23)(H3,20,21,24). The second-order valence-corrected chi connectivity index (χ2v) is 5.59. The number of primary amides is 1. The summed E-state index contributed by atoms with van der Waals surface area (Å²) in [7, 11) is 1.55. The van der Waals surface area contributed by atoms with E-state index < -0.39 is 6.03 Å². The van der Waals surface area contributed by atoms with Crippen LogP contribution in [0.5, 0.6) is 11.5 Å². The molecule has 7 nitrogen and oxygen atoms in total. The molecule has 138 valence electrons. The van der Waals surface area contributed by atoms with E-state index in [4.69, 9.17) is 15.2 Å². The van der Waals surface area contributed by atoms with Crippen LogP contribution in [0.4, 0.5) is 16.2 Å². The molecule has 0 saturated heterocycles. The van der Waals surface area contributed by atoms with Gasteiger partial charge >= 0.3 is 6.03 Å².